The Bertz CT molecular complexity index is 437. The summed E-state index contributed by atoms with van der Waals surface area (Å²) in [6, 6.07) is 0.670. The molecule has 0 aliphatic heterocycles. The third-order valence-electron chi connectivity index (χ3n) is 5.30. The van der Waals surface area contributed by atoms with Crippen LogP contribution in [0.3, 0.4) is 0 Å². The Hall–Kier alpha value is -0.990. The Morgan fingerprint density at radius 2 is 1.90 bits per heavy atom. The van der Waals surface area contributed by atoms with Crippen LogP contribution in [0.4, 0.5) is 5.95 Å². The maximum Gasteiger partial charge on any atom is 0.203 e. The van der Waals surface area contributed by atoms with Crippen molar-refractivity contribution in [3.63, 3.8) is 0 Å². The van der Waals surface area contributed by atoms with Gasteiger partial charge in [0.25, 0.3) is 0 Å². The first kappa shape index (κ1) is 14.0. The van der Waals surface area contributed by atoms with Gasteiger partial charge in [0.1, 0.15) is 0 Å². The highest BCUT2D eigenvalue weighted by atomic mass is 15.2. The second-order valence-electron chi connectivity index (χ2n) is 7.28. The molecule has 0 unspecified atom stereocenters. The summed E-state index contributed by atoms with van der Waals surface area (Å²) in [6.45, 7) is 5.62. The van der Waals surface area contributed by atoms with E-state index in [1.54, 1.807) is 0 Å². The maximum atomic E-state index is 4.73. The van der Waals surface area contributed by atoms with Crippen molar-refractivity contribution in [1.82, 2.24) is 9.55 Å². The van der Waals surface area contributed by atoms with Crippen molar-refractivity contribution in [3.8, 4) is 0 Å². The Morgan fingerprint density at radius 3 is 2.60 bits per heavy atom. The van der Waals surface area contributed by atoms with Crippen molar-refractivity contribution in [2.75, 3.05) is 11.9 Å². The van der Waals surface area contributed by atoms with E-state index in [2.05, 4.69) is 29.9 Å². The van der Waals surface area contributed by atoms with Gasteiger partial charge in [0.15, 0.2) is 0 Å². The molecule has 0 spiro atoms. The van der Waals surface area contributed by atoms with E-state index < -0.39 is 0 Å². The summed E-state index contributed by atoms with van der Waals surface area (Å²) in [5.74, 6) is 1.11. The molecule has 2 saturated carbocycles. The average molecular weight is 275 g/mol. The molecule has 3 rings (SSSR count). The van der Waals surface area contributed by atoms with Crippen LogP contribution in [0.2, 0.25) is 0 Å². The number of aryl methyl sites for hydroxylation is 1. The van der Waals surface area contributed by atoms with E-state index in [0.29, 0.717) is 11.5 Å². The Labute approximate surface area is 123 Å². The van der Waals surface area contributed by atoms with Crippen LogP contribution in [-0.2, 0) is 0 Å². The van der Waals surface area contributed by atoms with E-state index in [1.165, 1.54) is 57.8 Å². The minimum absolute atomic E-state index is 0.483. The van der Waals surface area contributed by atoms with Gasteiger partial charge in [-0.05, 0) is 38.0 Å². The Balaban J connectivity index is 1.69. The molecule has 3 nitrogen and oxygen atoms in total. The van der Waals surface area contributed by atoms with Crippen molar-refractivity contribution in [2.45, 2.75) is 77.7 Å². The molecule has 0 atom stereocenters. The minimum Gasteiger partial charge on any atom is -0.355 e. The van der Waals surface area contributed by atoms with Crippen molar-refractivity contribution in [3.05, 3.63) is 11.9 Å². The SMILES string of the molecule is Cc1cn(C2CCCCC2)c(NCC2(C)CCCC2)n1. The fourth-order valence-electron chi connectivity index (χ4n) is 3.98. The summed E-state index contributed by atoms with van der Waals surface area (Å²) in [7, 11) is 0. The highest BCUT2D eigenvalue weighted by Crippen LogP contribution is 2.38. The third-order valence-corrected chi connectivity index (χ3v) is 5.30. The number of anilines is 1. The van der Waals surface area contributed by atoms with Crippen molar-refractivity contribution in [1.29, 1.82) is 0 Å². The molecule has 112 valence electrons. The summed E-state index contributed by atoms with van der Waals surface area (Å²) in [6.07, 6.45) is 14.6. The first-order valence-electron chi connectivity index (χ1n) is 8.46. The minimum atomic E-state index is 0.483. The second-order valence-corrected chi connectivity index (χ2v) is 7.28. The summed E-state index contributed by atoms with van der Waals surface area (Å²) < 4.78 is 2.42. The fraction of sp³-hybridized carbons (Fsp3) is 0.824. The Kier molecular flexibility index (Phi) is 4.04. The number of nitrogens with zero attached hydrogens (tertiary/aromatic N) is 2. The number of imidazole rings is 1. The molecule has 2 aliphatic rings. The van der Waals surface area contributed by atoms with Gasteiger partial charge in [-0.15, -0.1) is 0 Å². The normalized spacial score (nSPS) is 23.1. The van der Waals surface area contributed by atoms with Crippen molar-refractivity contribution < 1.29 is 0 Å². The summed E-state index contributed by atoms with van der Waals surface area (Å²) >= 11 is 0. The molecule has 2 fully saturated rings. The lowest BCUT2D eigenvalue weighted by atomic mass is 9.89. The third kappa shape index (κ3) is 3.02. The average Bonchev–Trinajstić information content (AvgIpc) is 3.04. The van der Waals surface area contributed by atoms with E-state index in [-0.39, 0.29) is 0 Å². The fourth-order valence-corrected chi connectivity index (χ4v) is 3.98. The van der Waals surface area contributed by atoms with E-state index in [9.17, 15) is 0 Å². The van der Waals surface area contributed by atoms with Crippen LogP contribution in [0.25, 0.3) is 0 Å². The lowest BCUT2D eigenvalue weighted by Gasteiger charge is -2.27. The van der Waals surface area contributed by atoms with Crippen molar-refractivity contribution in [2.24, 2.45) is 5.41 Å². The molecule has 1 aromatic heterocycles. The molecule has 0 aromatic carbocycles. The van der Waals surface area contributed by atoms with Gasteiger partial charge in [-0.3, -0.25) is 0 Å². The number of aromatic nitrogens is 2. The van der Waals surface area contributed by atoms with E-state index >= 15 is 0 Å². The molecule has 0 bridgehead atoms. The van der Waals surface area contributed by atoms with Gasteiger partial charge in [-0.2, -0.15) is 0 Å². The lowest BCUT2D eigenvalue weighted by molar-refractivity contribution is 0.346. The molecule has 1 N–H and O–H groups in total. The molecular weight excluding hydrogens is 246 g/mol. The zero-order valence-corrected chi connectivity index (χ0v) is 13.1. The highest BCUT2D eigenvalue weighted by Gasteiger charge is 2.29. The predicted octanol–water partition coefficient (Wildman–Crippen LogP) is 4.69. The van der Waals surface area contributed by atoms with Crippen LogP contribution >= 0.6 is 0 Å². The number of hydrogen-bond acceptors (Lipinski definition) is 2. The van der Waals surface area contributed by atoms with Crippen LogP contribution in [-0.4, -0.2) is 16.1 Å². The van der Waals surface area contributed by atoms with Crippen LogP contribution in [0, 0.1) is 12.3 Å². The topological polar surface area (TPSA) is 29.9 Å². The number of rotatable bonds is 4. The Morgan fingerprint density at radius 1 is 1.20 bits per heavy atom. The zero-order chi connectivity index (χ0) is 14.0. The first-order valence-corrected chi connectivity index (χ1v) is 8.46. The van der Waals surface area contributed by atoms with Crippen LogP contribution in [0.15, 0.2) is 6.20 Å². The van der Waals surface area contributed by atoms with Gasteiger partial charge in [0.05, 0.1) is 5.69 Å². The molecule has 0 saturated heterocycles. The van der Waals surface area contributed by atoms with Gasteiger partial charge >= 0.3 is 0 Å². The molecule has 2 aliphatic carbocycles. The quantitative estimate of drug-likeness (QED) is 0.864. The molecule has 20 heavy (non-hydrogen) atoms. The molecule has 0 radical (unpaired) electrons. The largest absolute Gasteiger partial charge is 0.355 e. The number of nitrogens with one attached hydrogen (secondary N) is 1. The molecular formula is C17H29N3. The van der Waals surface area contributed by atoms with Crippen LogP contribution in [0.5, 0.6) is 0 Å². The smallest absolute Gasteiger partial charge is 0.203 e. The number of hydrogen-bond donors (Lipinski definition) is 1. The van der Waals surface area contributed by atoms with E-state index in [1.807, 2.05) is 0 Å². The van der Waals surface area contributed by atoms with Crippen molar-refractivity contribution >= 4 is 5.95 Å². The summed E-state index contributed by atoms with van der Waals surface area (Å²) in [5, 5.41) is 3.67. The maximum absolute atomic E-state index is 4.73. The van der Waals surface area contributed by atoms with E-state index in [4.69, 9.17) is 4.98 Å². The standard InChI is InChI=1S/C17H29N3/c1-14-12-20(15-8-4-3-5-9-15)16(19-14)18-13-17(2)10-6-7-11-17/h12,15H,3-11,13H2,1-2H3,(H,18,19). The zero-order valence-electron chi connectivity index (χ0n) is 13.1. The van der Waals surface area contributed by atoms with Crippen LogP contribution in [0.1, 0.15) is 76.4 Å². The first-order chi connectivity index (χ1) is 9.66. The van der Waals surface area contributed by atoms with Gasteiger partial charge in [-0.25, -0.2) is 4.98 Å². The molecule has 3 heteroatoms. The van der Waals surface area contributed by atoms with Gasteiger partial charge in [0.2, 0.25) is 5.95 Å². The highest BCUT2D eigenvalue weighted by molar-refractivity contribution is 5.30. The molecule has 1 aromatic rings. The van der Waals surface area contributed by atoms with Gasteiger partial charge in [0, 0.05) is 18.8 Å². The molecule has 1 heterocycles. The lowest BCUT2D eigenvalue weighted by Crippen LogP contribution is -2.25. The van der Waals surface area contributed by atoms with E-state index in [0.717, 1.165) is 18.2 Å². The van der Waals surface area contributed by atoms with Crippen LogP contribution < -0.4 is 5.32 Å². The second kappa shape index (κ2) is 5.79. The van der Waals surface area contributed by atoms with Gasteiger partial charge < -0.3 is 9.88 Å². The summed E-state index contributed by atoms with van der Waals surface area (Å²) in [4.78, 5) is 4.73. The molecule has 0 amide bonds. The predicted molar refractivity (Wildman–Crippen MR) is 84.2 cm³/mol. The monoisotopic (exact) mass is 275 g/mol. The summed E-state index contributed by atoms with van der Waals surface area (Å²) in [5.41, 5.74) is 1.63. The van der Waals surface area contributed by atoms with Gasteiger partial charge in [-0.1, -0.05) is 39.0 Å².